The van der Waals surface area contributed by atoms with Crippen molar-refractivity contribution in [1.29, 1.82) is 0 Å². The van der Waals surface area contributed by atoms with Gasteiger partial charge in [0.2, 0.25) is 0 Å². The molecule has 9 nitrogen and oxygen atoms in total. The first-order valence-corrected chi connectivity index (χ1v) is 10.8. The standard InChI is InChI=1S/C25H28N2O7/c1-16(24(28)29)27(25(30)34-22-11-9-20(31-4)10-12-22)15-19-5-7-21(8-6-19)32-14-13-23-17(2)33-18(3)26-23/h5-12,16H,13-15H2,1-4H3,(H,28,29)/t16-/m1/s1. The summed E-state index contributed by atoms with van der Waals surface area (Å²) in [4.78, 5) is 29.8. The molecule has 0 aliphatic heterocycles. The molecular weight excluding hydrogens is 440 g/mol. The van der Waals surface area contributed by atoms with Crippen LogP contribution in [0.5, 0.6) is 17.2 Å². The van der Waals surface area contributed by atoms with E-state index in [0.717, 1.165) is 21.9 Å². The van der Waals surface area contributed by atoms with E-state index in [2.05, 4.69) is 4.98 Å². The summed E-state index contributed by atoms with van der Waals surface area (Å²) in [6.45, 7) is 5.59. The normalized spacial score (nSPS) is 11.5. The lowest BCUT2D eigenvalue weighted by Crippen LogP contribution is -2.44. The lowest BCUT2D eigenvalue weighted by Gasteiger charge is -2.25. The number of aliphatic carboxylic acids is 1. The number of oxazole rings is 1. The van der Waals surface area contributed by atoms with Gasteiger partial charge >= 0.3 is 12.1 Å². The number of methoxy groups -OCH3 is 1. The molecule has 0 fully saturated rings. The van der Waals surface area contributed by atoms with Crippen LogP contribution in [0.3, 0.4) is 0 Å². The van der Waals surface area contributed by atoms with Gasteiger partial charge in [0, 0.05) is 19.9 Å². The first kappa shape index (κ1) is 24.6. The number of nitrogens with zero attached hydrogens (tertiary/aromatic N) is 2. The quantitative estimate of drug-likeness (QED) is 0.466. The molecule has 1 atom stereocenters. The summed E-state index contributed by atoms with van der Waals surface area (Å²) in [7, 11) is 1.53. The summed E-state index contributed by atoms with van der Waals surface area (Å²) in [6, 6.07) is 12.5. The second-order valence-corrected chi connectivity index (χ2v) is 7.66. The maximum absolute atomic E-state index is 12.8. The van der Waals surface area contributed by atoms with Gasteiger partial charge in [0.15, 0.2) is 5.89 Å². The molecule has 0 bridgehead atoms. The average molecular weight is 469 g/mol. The zero-order chi connectivity index (χ0) is 24.7. The van der Waals surface area contributed by atoms with E-state index in [0.29, 0.717) is 30.4 Å². The van der Waals surface area contributed by atoms with Gasteiger partial charge in [-0.1, -0.05) is 12.1 Å². The fourth-order valence-corrected chi connectivity index (χ4v) is 3.25. The van der Waals surface area contributed by atoms with Crippen molar-refractivity contribution in [2.45, 2.75) is 39.8 Å². The number of carbonyl (C=O) groups excluding carboxylic acids is 1. The fourth-order valence-electron chi connectivity index (χ4n) is 3.25. The third-order valence-corrected chi connectivity index (χ3v) is 5.21. The molecule has 1 N–H and O–H groups in total. The topological polar surface area (TPSA) is 111 Å². The van der Waals surface area contributed by atoms with Gasteiger partial charge in [-0.05, 0) is 55.8 Å². The third-order valence-electron chi connectivity index (χ3n) is 5.21. The van der Waals surface area contributed by atoms with Crippen molar-refractivity contribution in [3.05, 3.63) is 71.4 Å². The molecule has 0 saturated heterocycles. The molecule has 34 heavy (non-hydrogen) atoms. The fraction of sp³-hybridized carbons (Fsp3) is 0.320. The molecule has 0 radical (unpaired) electrons. The van der Waals surface area contributed by atoms with Gasteiger partial charge < -0.3 is 23.7 Å². The summed E-state index contributed by atoms with van der Waals surface area (Å²) in [6.07, 6.45) is -0.148. The maximum atomic E-state index is 12.8. The minimum Gasteiger partial charge on any atom is -0.497 e. The summed E-state index contributed by atoms with van der Waals surface area (Å²) in [5.74, 6) is 1.83. The highest BCUT2D eigenvalue weighted by molar-refractivity contribution is 5.80. The average Bonchev–Trinajstić information content (AvgIpc) is 3.15. The van der Waals surface area contributed by atoms with E-state index in [1.54, 1.807) is 55.5 Å². The Labute approximate surface area is 197 Å². The number of aryl methyl sites for hydroxylation is 2. The van der Waals surface area contributed by atoms with E-state index < -0.39 is 18.1 Å². The Balaban J connectivity index is 1.61. The summed E-state index contributed by atoms with van der Waals surface area (Å²) in [5, 5.41) is 9.47. The first-order chi connectivity index (χ1) is 16.3. The molecule has 3 aromatic rings. The molecule has 1 heterocycles. The van der Waals surface area contributed by atoms with Crippen LogP contribution < -0.4 is 14.2 Å². The Morgan fingerprint density at radius 3 is 2.21 bits per heavy atom. The Bertz CT molecular complexity index is 1110. The van der Waals surface area contributed by atoms with E-state index in [1.165, 1.54) is 14.0 Å². The van der Waals surface area contributed by atoms with Crippen LogP contribution in [-0.4, -0.2) is 46.8 Å². The first-order valence-electron chi connectivity index (χ1n) is 10.8. The highest BCUT2D eigenvalue weighted by Gasteiger charge is 2.27. The van der Waals surface area contributed by atoms with Gasteiger partial charge in [-0.15, -0.1) is 0 Å². The van der Waals surface area contributed by atoms with Crippen molar-refractivity contribution in [2.75, 3.05) is 13.7 Å². The SMILES string of the molecule is COc1ccc(OC(=O)N(Cc2ccc(OCCc3nc(C)oc3C)cc2)[C@H](C)C(=O)O)cc1. The van der Waals surface area contributed by atoms with Crippen molar-refractivity contribution < 1.29 is 33.3 Å². The zero-order valence-electron chi connectivity index (χ0n) is 19.6. The van der Waals surface area contributed by atoms with Crippen LogP contribution in [0.25, 0.3) is 0 Å². The van der Waals surface area contributed by atoms with Gasteiger partial charge in [0.05, 0.1) is 19.4 Å². The highest BCUT2D eigenvalue weighted by atomic mass is 16.6. The molecule has 9 heteroatoms. The molecule has 0 spiro atoms. The lowest BCUT2D eigenvalue weighted by molar-refractivity contribution is -0.142. The van der Waals surface area contributed by atoms with Crippen molar-refractivity contribution in [3.63, 3.8) is 0 Å². The third kappa shape index (κ3) is 6.50. The monoisotopic (exact) mass is 468 g/mol. The Morgan fingerprint density at radius 1 is 1.03 bits per heavy atom. The smallest absolute Gasteiger partial charge is 0.416 e. The number of ether oxygens (including phenoxy) is 3. The Hall–Kier alpha value is -4.01. The predicted molar refractivity (Wildman–Crippen MR) is 123 cm³/mol. The van der Waals surface area contributed by atoms with E-state index in [4.69, 9.17) is 18.6 Å². The highest BCUT2D eigenvalue weighted by Crippen LogP contribution is 2.20. The minimum atomic E-state index is -1.13. The van der Waals surface area contributed by atoms with E-state index in [-0.39, 0.29) is 12.3 Å². The molecule has 0 unspecified atom stereocenters. The maximum Gasteiger partial charge on any atom is 0.416 e. The molecule has 3 rings (SSSR count). The largest absolute Gasteiger partial charge is 0.497 e. The van der Waals surface area contributed by atoms with Crippen LogP contribution in [0.15, 0.2) is 52.9 Å². The molecule has 0 saturated carbocycles. The number of amides is 1. The number of hydrogen-bond donors (Lipinski definition) is 1. The molecule has 2 aromatic carbocycles. The molecular formula is C25H28N2O7. The lowest BCUT2D eigenvalue weighted by atomic mass is 10.2. The molecule has 1 amide bonds. The van der Waals surface area contributed by atoms with Crippen LogP contribution >= 0.6 is 0 Å². The second kappa shape index (κ2) is 11.2. The van der Waals surface area contributed by atoms with Gasteiger partial charge in [-0.3, -0.25) is 4.90 Å². The van der Waals surface area contributed by atoms with Crippen molar-refractivity contribution in [2.24, 2.45) is 0 Å². The zero-order valence-corrected chi connectivity index (χ0v) is 19.6. The van der Waals surface area contributed by atoms with E-state index in [1.807, 2.05) is 6.92 Å². The van der Waals surface area contributed by atoms with E-state index in [9.17, 15) is 14.7 Å². The van der Waals surface area contributed by atoms with Crippen LogP contribution in [0.2, 0.25) is 0 Å². The van der Waals surface area contributed by atoms with Crippen LogP contribution in [0, 0.1) is 13.8 Å². The van der Waals surface area contributed by atoms with Gasteiger partial charge in [0.25, 0.3) is 0 Å². The number of carboxylic acids is 1. The second-order valence-electron chi connectivity index (χ2n) is 7.66. The Morgan fingerprint density at radius 2 is 1.65 bits per heavy atom. The van der Waals surface area contributed by atoms with Gasteiger partial charge in [0.1, 0.15) is 29.1 Å². The number of carboxylic acid groups (broad SMARTS) is 1. The number of aromatic nitrogens is 1. The van der Waals surface area contributed by atoms with E-state index >= 15 is 0 Å². The van der Waals surface area contributed by atoms with Crippen molar-refractivity contribution >= 4 is 12.1 Å². The minimum absolute atomic E-state index is 0.0557. The molecule has 180 valence electrons. The Kier molecular flexibility index (Phi) is 8.13. The number of rotatable bonds is 10. The summed E-state index contributed by atoms with van der Waals surface area (Å²) >= 11 is 0. The number of hydrogen-bond acceptors (Lipinski definition) is 7. The molecule has 0 aliphatic carbocycles. The summed E-state index contributed by atoms with van der Waals surface area (Å²) < 4.78 is 21.7. The number of carbonyl (C=O) groups is 2. The van der Waals surface area contributed by atoms with Crippen LogP contribution in [0.1, 0.15) is 29.8 Å². The van der Waals surface area contributed by atoms with Gasteiger partial charge in [-0.2, -0.15) is 0 Å². The van der Waals surface area contributed by atoms with Crippen LogP contribution in [-0.2, 0) is 17.8 Å². The molecule has 0 aliphatic rings. The van der Waals surface area contributed by atoms with Crippen LogP contribution in [0.4, 0.5) is 4.79 Å². The summed E-state index contributed by atoms with van der Waals surface area (Å²) in [5.41, 5.74) is 1.60. The molecule has 1 aromatic heterocycles. The predicted octanol–water partition coefficient (Wildman–Crippen LogP) is 4.40. The number of benzene rings is 2. The van der Waals surface area contributed by atoms with Crippen molar-refractivity contribution in [3.8, 4) is 17.2 Å². The van der Waals surface area contributed by atoms with Crippen molar-refractivity contribution in [1.82, 2.24) is 9.88 Å². The van der Waals surface area contributed by atoms with Gasteiger partial charge in [-0.25, -0.2) is 14.6 Å².